The van der Waals surface area contributed by atoms with Crippen LogP contribution in [0, 0.1) is 71.9 Å². The summed E-state index contributed by atoms with van der Waals surface area (Å²) in [6.07, 6.45) is -29.6. The molecular weight excluding hydrogens is 1550 g/mol. The van der Waals surface area contributed by atoms with Crippen molar-refractivity contribution in [2.45, 2.75) is 193 Å². The highest BCUT2D eigenvalue weighted by Gasteiger charge is 2.64. The molecule has 15 N–H and O–H groups in total. The van der Waals surface area contributed by atoms with Crippen molar-refractivity contribution >= 4 is 0 Å². The molecule has 25 atom stereocenters. The summed E-state index contributed by atoms with van der Waals surface area (Å²) in [7, 11) is 0. The van der Waals surface area contributed by atoms with E-state index in [4.69, 9.17) is 23.7 Å². The van der Waals surface area contributed by atoms with Gasteiger partial charge in [-0.25, -0.2) is 72.7 Å². The minimum atomic E-state index is -3.00. The zero-order valence-corrected chi connectivity index (χ0v) is 58.4. The summed E-state index contributed by atoms with van der Waals surface area (Å²) in [6, 6.07) is 1.99. The van der Waals surface area contributed by atoms with Gasteiger partial charge in [0.2, 0.25) is 40.4 Å². The highest BCUT2D eigenvalue weighted by molar-refractivity contribution is 5.28. The first-order valence-electron chi connectivity index (χ1n) is 32.2. The van der Waals surface area contributed by atoms with Gasteiger partial charge in [0, 0.05) is 24.0 Å². The highest BCUT2D eigenvalue weighted by Crippen LogP contribution is 2.46. The van der Waals surface area contributed by atoms with E-state index < -0.39 is 247 Å². The number of aryl methyl sites for hydroxylation is 1. The summed E-state index contributed by atoms with van der Waals surface area (Å²) < 4.78 is 179. The van der Waals surface area contributed by atoms with Crippen LogP contribution in [-0.2, 0) is 23.7 Å². The van der Waals surface area contributed by atoms with E-state index in [1.54, 1.807) is 21.8 Å². The fourth-order valence-corrected chi connectivity index (χ4v) is 11.4. The maximum absolute atomic E-state index is 15.2. The molecule has 10 heterocycles. The number of rotatable bonds is 10. The van der Waals surface area contributed by atoms with Crippen LogP contribution in [0.2, 0.25) is 0 Å². The lowest BCUT2D eigenvalue weighted by Crippen LogP contribution is -2.46. The third-order valence-corrected chi connectivity index (χ3v) is 16.7. The average molecular weight is 1620 g/mol. The van der Waals surface area contributed by atoms with Gasteiger partial charge in [0.15, 0.2) is 24.9 Å². The number of hydrogen-bond acceptors (Lipinski definition) is 27. The Morgan fingerprint density at radius 3 is 1.14 bits per heavy atom. The van der Waals surface area contributed by atoms with Gasteiger partial charge in [0.05, 0.1) is 36.7 Å². The summed E-state index contributed by atoms with van der Waals surface area (Å²) in [6.45, 7) is 1.64. The van der Waals surface area contributed by atoms with E-state index in [0.29, 0.717) is 37.1 Å². The van der Waals surface area contributed by atoms with E-state index in [1.807, 2.05) is 62.3 Å². The number of aliphatic hydroxyl groups is 10. The minimum absolute atomic E-state index is 0.0614. The lowest BCUT2D eigenvalue weighted by Gasteiger charge is -2.25. The molecule has 48 heteroatoms. The molecule has 0 amide bonds. The van der Waals surface area contributed by atoms with Crippen LogP contribution >= 0.6 is 0 Å². The lowest BCUT2D eigenvalue weighted by molar-refractivity contribution is -0.0850. The van der Waals surface area contributed by atoms with Crippen LogP contribution in [0.3, 0.4) is 0 Å². The minimum Gasteiger partial charge on any atom is -0.391 e. The second-order valence-electron chi connectivity index (χ2n) is 24.6. The van der Waals surface area contributed by atoms with Gasteiger partial charge in [-0.3, -0.25) is 62.4 Å². The van der Waals surface area contributed by atoms with Gasteiger partial charge in [-0.05, 0) is 41.5 Å². The SMILES string of the molecule is C[C@H](O)[C@H]1O[C@@H](n2cc(F)c(=O)[nH]c2=O)C(F)(C#CCF)[C@H]1O.C[C@H](O)[C@H]1O[C@@H](n2ccc(=O)[nH]c2=O)C(F)(C#CCF)[C@H]1O.C[C@H](O)[C@H]1O[C@@H](n2cnc(=O)[nH]c2=O)C(F)(C#CCF)[C@H]1O.C[C@H](O)[C@H]1O[C@@H](n2ncc(=O)[nH]c2=O)C(F)(C#CCF)[C@H]1O.Cc1cc(=O)[nH]c(=O)n1[C@@H]1O[C@H]([C@H](C)O)[C@H](O)C1(F)C#CCF. The van der Waals surface area contributed by atoms with Gasteiger partial charge in [-0.2, -0.15) is 19.2 Å². The first-order valence-corrected chi connectivity index (χ1v) is 32.2. The Hall–Kier alpha value is -10.3. The first-order chi connectivity index (χ1) is 52.4. The molecule has 10 rings (SSSR count). The number of alkyl halides is 10. The normalized spacial score (nSPS) is 32.0. The largest absolute Gasteiger partial charge is 0.391 e. The van der Waals surface area contributed by atoms with Crippen LogP contribution in [0.25, 0.3) is 0 Å². The number of nitrogens with zero attached hydrogens (tertiary/aromatic N) is 7. The van der Waals surface area contributed by atoms with Gasteiger partial charge >= 0.3 is 34.1 Å². The van der Waals surface area contributed by atoms with Crippen molar-refractivity contribution in [3.63, 3.8) is 0 Å². The van der Waals surface area contributed by atoms with E-state index in [0.717, 1.165) is 22.9 Å². The topological polar surface area (TPSA) is 549 Å². The Morgan fingerprint density at radius 2 is 0.777 bits per heavy atom. The van der Waals surface area contributed by atoms with Crippen molar-refractivity contribution in [3.05, 3.63) is 153 Å². The molecule has 5 fully saturated rings. The number of aromatic nitrogens is 12. The van der Waals surface area contributed by atoms with Crippen molar-refractivity contribution in [2.75, 3.05) is 33.4 Å². The maximum atomic E-state index is 15.2. The van der Waals surface area contributed by atoms with Crippen molar-refractivity contribution < 1.29 is 123 Å². The average Bonchev–Trinajstić information content (AvgIpc) is 1.65. The van der Waals surface area contributed by atoms with E-state index in [1.165, 1.54) is 41.5 Å². The quantitative estimate of drug-likeness (QED) is 0.0457. The highest BCUT2D eigenvalue weighted by atomic mass is 19.2. The Balaban J connectivity index is 0.000000218. The molecule has 5 aliphatic heterocycles. The molecule has 0 saturated carbocycles. The molecule has 0 bridgehead atoms. The molecule has 5 unspecified atom stereocenters. The monoisotopic (exact) mass is 1610 g/mol. The van der Waals surface area contributed by atoms with Gasteiger partial charge in [0.1, 0.15) is 107 Å². The van der Waals surface area contributed by atoms with Crippen LogP contribution < -0.4 is 56.4 Å². The number of H-pyrrole nitrogens is 5. The smallest absolute Gasteiger partial charge is 0.350 e. The van der Waals surface area contributed by atoms with Crippen LogP contribution in [0.1, 0.15) is 71.5 Å². The van der Waals surface area contributed by atoms with Gasteiger partial charge in [-0.15, -0.1) is 0 Å². The molecule has 0 radical (unpaired) electrons. The number of ether oxygens (including phenoxy) is 5. The summed E-state index contributed by atoms with van der Waals surface area (Å²) in [5.74, 6) is 17.1. The van der Waals surface area contributed by atoms with E-state index >= 15 is 22.0 Å². The van der Waals surface area contributed by atoms with Crippen molar-refractivity contribution in [2.24, 2.45) is 0 Å². The molecule has 612 valence electrons. The van der Waals surface area contributed by atoms with Crippen molar-refractivity contribution in [1.29, 1.82) is 0 Å². The predicted molar refractivity (Wildman–Crippen MR) is 353 cm³/mol. The van der Waals surface area contributed by atoms with Crippen LogP contribution in [0.5, 0.6) is 0 Å². The van der Waals surface area contributed by atoms with Gasteiger partial charge < -0.3 is 74.7 Å². The summed E-state index contributed by atoms with van der Waals surface area (Å²) >= 11 is 0. The molecule has 0 spiro atoms. The Kier molecular flexibility index (Phi) is 30.2. The number of nitrogens with one attached hydrogen (secondary N) is 5. The second-order valence-corrected chi connectivity index (χ2v) is 24.6. The number of hydrogen-bond donors (Lipinski definition) is 15. The van der Waals surface area contributed by atoms with Gasteiger partial charge in [0.25, 0.3) is 22.2 Å². The molecule has 0 aromatic carbocycles. The molecule has 5 aromatic rings. The fraction of sp³-hybridized carbons (Fsp3) is 0.562. The van der Waals surface area contributed by atoms with Crippen LogP contribution in [0.15, 0.2) is 85.0 Å². The Bertz CT molecular complexity index is 4860. The second kappa shape index (κ2) is 37.3. The van der Waals surface area contributed by atoms with Crippen LogP contribution in [-0.4, -0.2) is 262 Å². The zero-order chi connectivity index (χ0) is 84.2. The maximum Gasteiger partial charge on any atom is 0.350 e. The Morgan fingerprint density at radius 1 is 0.446 bits per heavy atom. The number of aliphatic hydroxyl groups excluding tert-OH is 10. The molecule has 0 aliphatic carbocycles. The van der Waals surface area contributed by atoms with Crippen molar-refractivity contribution in [1.82, 2.24) is 58.0 Å². The number of halogens is 11. The van der Waals surface area contributed by atoms with Crippen LogP contribution in [0.4, 0.5) is 48.3 Å². The molecule has 112 heavy (non-hydrogen) atoms. The number of aromatic amines is 5. The molecule has 5 aliphatic rings. The first kappa shape index (κ1) is 90.6. The molecule has 5 saturated heterocycles. The summed E-state index contributed by atoms with van der Waals surface area (Å²) in [4.78, 5) is 127. The Labute approximate surface area is 617 Å². The third-order valence-electron chi connectivity index (χ3n) is 16.7. The summed E-state index contributed by atoms with van der Waals surface area (Å²) in [5.41, 5.74) is -24.1. The lowest BCUT2D eigenvalue weighted by atomic mass is 9.94. The molecular formula is C64H69F11N12O25. The van der Waals surface area contributed by atoms with E-state index in [-0.39, 0.29) is 5.69 Å². The fourth-order valence-electron chi connectivity index (χ4n) is 11.4. The predicted octanol–water partition coefficient (Wildman–Crippen LogP) is -6.48. The van der Waals surface area contributed by atoms with Crippen molar-refractivity contribution in [3.8, 4) is 59.2 Å². The zero-order valence-electron chi connectivity index (χ0n) is 58.4. The third kappa shape index (κ3) is 19.1. The summed E-state index contributed by atoms with van der Waals surface area (Å²) in [5, 5.41) is 101. The van der Waals surface area contributed by atoms with E-state index in [2.05, 4.69) is 10.1 Å². The van der Waals surface area contributed by atoms with Gasteiger partial charge in [-0.1, -0.05) is 59.2 Å². The van der Waals surface area contributed by atoms with E-state index in [9.17, 15) is 125 Å². The molecule has 37 nitrogen and oxygen atoms in total. The standard InChI is InChI=1S/C14H16F2N2O5.C13H13F3N2O5.C13H14F2N2O5.2C12H13F2N3O5/c1-7-6-9(20)17-13(22)18(7)12-14(16,4-3-5-15)11(21)10(23-12)8(2)19;1-6(19)8-9(20)13(16,3-2-4-14)11(23-8)18-5-7(15)10(21)17-12(18)22;1-7(18)9-10(20)13(15,4-2-5-14)11(22-9)17-6-3-8(19)16-12(17)21;1-6(18)7-8(19)12(14,3-2-4-13)9(22-7)17-5-15-10(20)16-11(17)21;1-6(18)8-9(20)12(14,3-2-4-13)10(22-8)17-11(21)16-7(19)5-15-17/h6,8,10-12,19,21H,5H2,1-2H3,(H,17,20,22);5-6,8-9,11,19-20H,4H2,1H3,(H,17,21,22);3,6-7,9-11,18,20H,5H2,1H3,(H,16,19,21);5-9,18-19H,4H2,1H3,(H,16,20,21);5-6,8-10,18,20H,4H2,1H3,(H,16,19,21)/t8-,10+,11-,12+,14?;6-,8+,9-,11+,13?;7-,9+,10-,11+,13?;6-,7+,8-,9+,12?;6-,8+,9-,10+,12?/m00000/s1. The molecule has 5 aromatic heterocycles.